The smallest absolute Gasteiger partial charge is 0.175 e. The Morgan fingerprint density at radius 1 is 1.12 bits per heavy atom. The van der Waals surface area contributed by atoms with Gasteiger partial charge in [0, 0.05) is 6.20 Å². The van der Waals surface area contributed by atoms with Gasteiger partial charge in [0.25, 0.3) is 0 Å². The molecule has 0 saturated heterocycles. The number of hydrogen-bond acceptors (Lipinski definition) is 3. The lowest BCUT2D eigenvalue weighted by Crippen LogP contribution is -2.19. The van der Waals surface area contributed by atoms with Crippen LogP contribution >= 0.6 is 12.2 Å². The highest BCUT2D eigenvalue weighted by Gasteiger charge is 2.07. The summed E-state index contributed by atoms with van der Waals surface area (Å²) in [7, 11) is 0. The molecule has 0 spiro atoms. The van der Waals surface area contributed by atoms with E-state index < -0.39 is 0 Å². The maximum atomic E-state index is 5.60. The number of hydrogen-bond donors (Lipinski definition) is 2. The van der Waals surface area contributed by atoms with Crippen LogP contribution in [-0.4, -0.2) is 21.5 Å². The molecule has 26 heavy (non-hydrogen) atoms. The minimum atomic E-state index is 0.493. The van der Waals surface area contributed by atoms with Gasteiger partial charge in [0.1, 0.15) is 5.75 Å². The van der Waals surface area contributed by atoms with E-state index in [0.29, 0.717) is 11.7 Å². The van der Waals surface area contributed by atoms with Crippen LogP contribution in [0.2, 0.25) is 0 Å². The number of aryl methyl sites for hydroxylation is 1. The first-order valence-corrected chi connectivity index (χ1v) is 8.93. The lowest BCUT2D eigenvalue weighted by Gasteiger charge is -2.13. The first kappa shape index (κ1) is 17.9. The van der Waals surface area contributed by atoms with Crippen LogP contribution in [0.25, 0.3) is 0 Å². The molecule has 2 N–H and O–H groups in total. The summed E-state index contributed by atoms with van der Waals surface area (Å²) in [5.74, 6) is 0.773. The van der Waals surface area contributed by atoms with Crippen LogP contribution in [0.3, 0.4) is 0 Å². The van der Waals surface area contributed by atoms with E-state index in [0.717, 1.165) is 23.7 Å². The van der Waals surface area contributed by atoms with Crippen LogP contribution in [0.4, 0.5) is 11.4 Å². The van der Waals surface area contributed by atoms with Gasteiger partial charge in [-0.1, -0.05) is 36.4 Å². The number of thiocarbonyl (C=S) groups is 1. The molecule has 0 atom stereocenters. The van der Waals surface area contributed by atoms with Crippen molar-refractivity contribution >= 4 is 28.7 Å². The fourth-order valence-electron chi connectivity index (χ4n) is 2.61. The van der Waals surface area contributed by atoms with E-state index in [1.807, 2.05) is 54.2 Å². The van der Waals surface area contributed by atoms with Crippen molar-refractivity contribution in [3.8, 4) is 5.75 Å². The average molecular weight is 366 g/mol. The molecule has 1 aromatic heterocycles. The molecule has 2 aromatic carbocycles. The highest BCUT2D eigenvalue weighted by Crippen LogP contribution is 2.24. The predicted molar refractivity (Wildman–Crippen MR) is 110 cm³/mol. The van der Waals surface area contributed by atoms with Gasteiger partial charge in [-0.2, -0.15) is 5.10 Å². The third kappa shape index (κ3) is 4.61. The van der Waals surface area contributed by atoms with Crippen molar-refractivity contribution in [1.29, 1.82) is 0 Å². The predicted octanol–water partition coefficient (Wildman–Crippen LogP) is 4.45. The second-order valence-electron chi connectivity index (χ2n) is 5.86. The number of para-hydroxylation sites is 2. The SMILES string of the molecule is CCOc1ccccc1NC(=S)Nc1cnn(Cc2ccccc2C)c1. The van der Waals surface area contributed by atoms with Gasteiger partial charge in [0.05, 0.1) is 30.7 Å². The highest BCUT2D eigenvalue weighted by atomic mass is 32.1. The number of ether oxygens (including phenoxy) is 1. The van der Waals surface area contributed by atoms with Crippen LogP contribution in [0, 0.1) is 6.92 Å². The molecule has 3 rings (SSSR count). The molecule has 134 valence electrons. The molecule has 0 saturated carbocycles. The monoisotopic (exact) mass is 366 g/mol. The van der Waals surface area contributed by atoms with Crippen molar-refractivity contribution in [2.24, 2.45) is 0 Å². The largest absolute Gasteiger partial charge is 0.492 e. The zero-order chi connectivity index (χ0) is 18.4. The molecule has 0 amide bonds. The van der Waals surface area contributed by atoms with E-state index >= 15 is 0 Å². The molecule has 1 heterocycles. The second-order valence-corrected chi connectivity index (χ2v) is 6.27. The van der Waals surface area contributed by atoms with Gasteiger partial charge in [-0.3, -0.25) is 4.68 Å². The summed E-state index contributed by atoms with van der Waals surface area (Å²) in [5.41, 5.74) is 4.17. The highest BCUT2D eigenvalue weighted by molar-refractivity contribution is 7.80. The summed E-state index contributed by atoms with van der Waals surface area (Å²) in [6.07, 6.45) is 3.70. The third-order valence-corrected chi connectivity index (χ3v) is 4.12. The number of nitrogens with zero attached hydrogens (tertiary/aromatic N) is 2. The summed E-state index contributed by atoms with van der Waals surface area (Å²) < 4.78 is 7.49. The maximum Gasteiger partial charge on any atom is 0.175 e. The van der Waals surface area contributed by atoms with Gasteiger partial charge in [0.15, 0.2) is 5.11 Å². The van der Waals surface area contributed by atoms with Crippen LogP contribution in [0.15, 0.2) is 60.9 Å². The fourth-order valence-corrected chi connectivity index (χ4v) is 2.84. The van der Waals surface area contributed by atoms with Crippen molar-refractivity contribution in [2.45, 2.75) is 20.4 Å². The Morgan fingerprint density at radius 3 is 2.69 bits per heavy atom. The van der Waals surface area contributed by atoms with Gasteiger partial charge in [-0.15, -0.1) is 0 Å². The van der Waals surface area contributed by atoms with Crippen molar-refractivity contribution in [3.05, 3.63) is 72.1 Å². The van der Waals surface area contributed by atoms with E-state index in [2.05, 4.69) is 34.8 Å². The van der Waals surface area contributed by atoms with Gasteiger partial charge < -0.3 is 15.4 Å². The summed E-state index contributed by atoms with van der Waals surface area (Å²) in [4.78, 5) is 0. The molecule has 3 aromatic rings. The van der Waals surface area contributed by atoms with Crippen molar-refractivity contribution in [1.82, 2.24) is 9.78 Å². The normalized spacial score (nSPS) is 10.4. The molecule has 0 aliphatic rings. The zero-order valence-electron chi connectivity index (χ0n) is 14.9. The van der Waals surface area contributed by atoms with Gasteiger partial charge >= 0.3 is 0 Å². The van der Waals surface area contributed by atoms with Gasteiger partial charge in [0.2, 0.25) is 0 Å². The summed E-state index contributed by atoms with van der Waals surface area (Å²) >= 11 is 5.41. The molecule has 6 heteroatoms. The van der Waals surface area contributed by atoms with Crippen LogP contribution in [0.1, 0.15) is 18.1 Å². The van der Waals surface area contributed by atoms with Crippen molar-refractivity contribution in [2.75, 3.05) is 17.2 Å². The second kappa shape index (κ2) is 8.49. The standard InChI is InChI=1S/C20H22N4OS/c1-3-25-19-11-7-6-10-18(19)23-20(26)22-17-12-21-24(14-17)13-16-9-5-4-8-15(16)2/h4-12,14H,3,13H2,1-2H3,(H2,22,23,26). The minimum absolute atomic E-state index is 0.493. The lowest BCUT2D eigenvalue weighted by atomic mass is 10.1. The first-order chi connectivity index (χ1) is 12.7. The zero-order valence-corrected chi connectivity index (χ0v) is 15.7. The van der Waals surface area contributed by atoms with Crippen LogP contribution in [-0.2, 0) is 6.54 Å². The molecule has 0 aliphatic heterocycles. The molecule has 0 unspecified atom stereocenters. The van der Waals surface area contributed by atoms with Gasteiger partial charge in [-0.25, -0.2) is 0 Å². The maximum absolute atomic E-state index is 5.60. The molecule has 0 aliphatic carbocycles. The number of benzene rings is 2. The Bertz CT molecular complexity index is 891. The first-order valence-electron chi connectivity index (χ1n) is 8.52. The van der Waals surface area contributed by atoms with Crippen LogP contribution in [0.5, 0.6) is 5.75 Å². The molecule has 0 fully saturated rings. The Hall–Kier alpha value is -2.86. The summed E-state index contributed by atoms with van der Waals surface area (Å²) in [5, 5.41) is 11.2. The third-order valence-electron chi connectivity index (χ3n) is 3.92. The lowest BCUT2D eigenvalue weighted by molar-refractivity contribution is 0.342. The number of aromatic nitrogens is 2. The molecular weight excluding hydrogens is 344 g/mol. The Labute approximate surface area is 159 Å². The number of rotatable bonds is 6. The topological polar surface area (TPSA) is 51.1 Å². The quantitative estimate of drug-likeness (QED) is 0.631. The van der Waals surface area contributed by atoms with Crippen LogP contribution < -0.4 is 15.4 Å². The molecule has 0 bridgehead atoms. The molecular formula is C20H22N4OS. The van der Waals surface area contributed by atoms with E-state index in [-0.39, 0.29) is 0 Å². The minimum Gasteiger partial charge on any atom is -0.492 e. The van der Waals surface area contributed by atoms with E-state index in [1.165, 1.54) is 11.1 Å². The van der Waals surface area contributed by atoms with Crippen molar-refractivity contribution < 1.29 is 4.74 Å². The summed E-state index contributed by atoms with van der Waals surface area (Å²) in [6.45, 7) is 5.38. The van der Waals surface area contributed by atoms with E-state index in [4.69, 9.17) is 17.0 Å². The Kier molecular flexibility index (Phi) is 5.86. The van der Waals surface area contributed by atoms with E-state index in [1.54, 1.807) is 6.20 Å². The number of nitrogens with one attached hydrogen (secondary N) is 2. The fraction of sp³-hybridized carbons (Fsp3) is 0.200. The van der Waals surface area contributed by atoms with Gasteiger partial charge in [-0.05, 0) is 49.3 Å². The number of anilines is 2. The van der Waals surface area contributed by atoms with Crippen molar-refractivity contribution in [3.63, 3.8) is 0 Å². The Balaban J connectivity index is 1.62. The Morgan fingerprint density at radius 2 is 1.88 bits per heavy atom. The molecule has 5 nitrogen and oxygen atoms in total. The van der Waals surface area contributed by atoms with E-state index in [9.17, 15) is 0 Å². The molecule has 0 radical (unpaired) electrons. The summed E-state index contributed by atoms with van der Waals surface area (Å²) in [6, 6.07) is 16.0. The average Bonchev–Trinajstić information content (AvgIpc) is 3.06.